The number of nitrogens with zero attached hydrogens (tertiary/aromatic N) is 2. The van der Waals surface area contributed by atoms with Gasteiger partial charge in [0.1, 0.15) is 0 Å². The van der Waals surface area contributed by atoms with Gasteiger partial charge in [0.15, 0.2) is 4.49 Å². The van der Waals surface area contributed by atoms with Gasteiger partial charge in [-0.15, -0.1) is 0 Å². The number of carbonyl (C=O) groups excluding carboxylic acids is 2. The van der Waals surface area contributed by atoms with Gasteiger partial charge in [-0.25, -0.2) is 14.2 Å². The highest BCUT2D eigenvalue weighted by atomic mass is 35.5. The lowest BCUT2D eigenvalue weighted by atomic mass is 11.1. The van der Waals surface area contributed by atoms with Crippen molar-refractivity contribution in [1.82, 2.24) is 0 Å². The molecule has 13 heteroatoms. The maximum absolute atomic E-state index is 11.4. The van der Waals surface area contributed by atoms with Crippen LogP contribution in [0.15, 0.2) is 19.5 Å². The number of isocyanates is 2. The summed E-state index contributed by atoms with van der Waals surface area (Å²) in [7, 11) is -9.88. The summed E-state index contributed by atoms with van der Waals surface area (Å²) in [5.41, 5.74) is -1.44. The van der Waals surface area contributed by atoms with Crippen molar-refractivity contribution in [2.45, 2.75) is 0 Å². The van der Waals surface area contributed by atoms with Crippen LogP contribution in [0.2, 0.25) is 0 Å². The molecular formula is C4H2Cl2N2O7P2. The highest BCUT2D eigenvalue weighted by molar-refractivity contribution is 7.60. The molecule has 0 aromatic rings. The second kappa shape index (κ2) is 6.26. The third-order valence-electron chi connectivity index (χ3n) is 0.966. The van der Waals surface area contributed by atoms with Crippen LogP contribution in [0.25, 0.3) is 0 Å². The van der Waals surface area contributed by atoms with Gasteiger partial charge < -0.3 is 14.3 Å². The van der Waals surface area contributed by atoms with Crippen molar-refractivity contribution in [3.63, 3.8) is 0 Å². The molecule has 17 heavy (non-hydrogen) atoms. The van der Waals surface area contributed by atoms with Crippen LogP contribution in [0.5, 0.6) is 0 Å². The Morgan fingerprint density at radius 1 is 1.12 bits per heavy atom. The van der Waals surface area contributed by atoms with Crippen LogP contribution in [-0.4, -0.2) is 21.9 Å². The topological polar surface area (TPSA) is 143 Å². The monoisotopic (exact) mass is 322 g/mol. The van der Waals surface area contributed by atoms with Crippen LogP contribution in [0.4, 0.5) is 0 Å². The Bertz CT molecular complexity index is 500. The summed E-state index contributed by atoms with van der Waals surface area (Å²) in [5, 5.41) is 0. The minimum atomic E-state index is -5.13. The Hall–Kier alpha value is -0.740. The smallest absolute Gasteiger partial charge is 0.399 e. The van der Waals surface area contributed by atoms with Gasteiger partial charge in [0, 0.05) is 0 Å². The van der Waals surface area contributed by atoms with Gasteiger partial charge in [0.05, 0.1) is 0 Å². The first-order valence-corrected chi connectivity index (χ1v) is 7.16. The summed E-state index contributed by atoms with van der Waals surface area (Å²) < 4.78 is 30.2. The van der Waals surface area contributed by atoms with Crippen molar-refractivity contribution >= 4 is 50.6 Å². The van der Waals surface area contributed by atoms with E-state index in [0.29, 0.717) is 0 Å². The molecule has 0 aliphatic carbocycles. The number of hydrogen-bond acceptors (Lipinski definition) is 5. The summed E-state index contributed by atoms with van der Waals surface area (Å²) in [6, 6.07) is 0. The second-order valence-electron chi connectivity index (χ2n) is 2.07. The third kappa shape index (κ3) is 5.41. The van der Waals surface area contributed by atoms with Gasteiger partial charge in [0.25, 0.3) is 0 Å². The fourth-order valence-electron chi connectivity index (χ4n) is 0.477. The predicted molar refractivity (Wildman–Crippen MR) is 55.7 cm³/mol. The molecule has 2 N–H and O–H groups in total. The van der Waals surface area contributed by atoms with Crippen LogP contribution < -0.4 is 0 Å². The summed E-state index contributed by atoms with van der Waals surface area (Å²) in [6.07, 6.45) is 1.48. The van der Waals surface area contributed by atoms with Gasteiger partial charge in [-0.2, -0.15) is 0 Å². The van der Waals surface area contributed by atoms with E-state index in [0.717, 1.165) is 12.2 Å². The number of rotatable bonds is 5. The van der Waals surface area contributed by atoms with Crippen LogP contribution in [0, 0.1) is 0 Å². The Labute approximate surface area is 104 Å². The molecule has 0 spiro atoms. The molecule has 9 nitrogen and oxygen atoms in total. The van der Waals surface area contributed by atoms with Gasteiger partial charge in [-0.3, -0.25) is 4.57 Å². The second-order valence-corrected chi connectivity index (χ2v) is 6.08. The Morgan fingerprint density at radius 3 is 1.76 bits per heavy atom. The maximum atomic E-state index is 11.4. The third-order valence-corrected chi connectivity index (χ3v) is 3.65. The average molecular weight is 323 g/mol. The first kappa shape index (κ1) is 16.3. The fourth-order valence-corrected chi connectivity index (χ4v) is 2.94. The lowest BCUT2D eigenvalue weighted by Crippen LogP contribution is -1.92. The minimum Gasteiger partial charge on any atom is -0.399 e. The van der Waals surface area contributed by atoms with Crippen LogP contribution >= 0.6 is 38.5 Å². The van der Waals surface area contributed by atoms with Crippen LogP contribution in [-0.2, 0) is 23.2 Å². The molecule has 0 aliphatic heterocycles. The zero-order chi connectivity index (χ0) is 13.7. The molecule has 0 saturated carbocycles. The van der Waals surface area contributed by atoms with Crippen molar-refractivity contribution < 1.29 is 33.0 Å². The van der Waals surface area contributed by atoms with E-state index in [1.165, 1.54) is 0 Å². The Morgan fingerprint density at radius 2 is 1.53 bits per heavy atom. The van der Waals surface area contributed by atoms with E-state index in [2.05, 4.69) is 14.0 Å². The van der Waals surface area contributed by atoms with Crippen molar-refractivity contribution in [2.75, 3.05) is 0 Å². The zero-order valence-corrected chi connectivity index (χ0v) is 10.8. The van der Waals surface area contributed by atoms with E-state index in [-0.39, 0.29) is 0 Å². The van der Waals surface area contributed by atoms with Crippen LogP contribution in [0.3, 0.4) is 0 Å². The van der Waals surface area contributed by atoms with Crippen LogP contribution in [0.1, 0.15) is 0 Å². The summed E-state index contributed by atoms with van der Waals surface area (Å²) >= 11 is 10.1. The maximum Gasteiger partial charge on any atom is 0.508 e. The molecule has 0 aromatic carbocycles. The highest BCUT2D eigenvalue weighted by Crippen LogP contribution is 2.60. The molecule has 0 bridgehead atoms. The van der Waals surface area contributed by atoms with Crippen molar-refractivity contribution in [1.29, 1.82) is 0 Å². The van der Waals surface area contributed by atoms with Gasteiger partial charge in [-0.05, 0) is 0 Å². The van der Waals surface area contributed by atoms with E-state index in [1.54, 1.807) is 0 Å². The predicted octanol–water partition coefficient (Wildman–Crippen LogP) is 1.56. The van der Waals surface area contributed by atoms with Gasteiger partial charge in [-0.1, -0.05) is 32.7 Å². The molecule has 0 heterocycles. The van der Waals surface area contributed by atoms with E-state index in [9.17, 15) is 18.7 Å². The van der Waals surface area contributed by atoms with Gasteiger partial charge in [0.2, 0.25) is 17.7 Å². The standard InChI is InChI=1S/C4H2Cl2N2O7P2/c5-3(6)4(16(11,12)13)15-17(14,7-1-9)8-2-10/h(H2,11,12,13). The molecule has 0 fully saturated rings. The van der Waals surface area contributed by atoms with Gasteiger partial charge >= 0.3 is 15.3 Å². The highest BCUT2D eigenvalue weighted by Gasteiger charge is 2.35. The molecule has 0 aliphatic rings. The van der Waals surface area contributed by atoms with E-state index in [4.69, 9.17) is 33.0 Å². The van der Waals surface area contributed by atoms with E-state index in [1.807, 2.05) is 0 Å². The summed E-state index contributed by atoms with van der Waals surface area (Å²) in [5.74, 6) is 0. The average Bonchev–Trinajstić information content (AvgIpc) is 2.13. The molecule has 0 atom stereocenters. The molecule has 94 valence electrons. The molecule has 0 rings (SSSR count). The quantitative estimate of drug-likeness (QED) is 0.338. The Balaban J connectivity index is 5.63. The largest absolute Gasteiger partial charge is 0.508 e. The van der Waals surface area contributed by atoms with Crippen molar-refractivity contribution in [2.24, 2.45) is 9.53 Å². The van der Waals surface area contributed by atoms with Crippen molar-refractivity contribution in [3.05, 3.63) is 9.99 Å². The fraction of sp³-hybridized carbons (Fsp3) is 0. The number of hydrogen-bond donors (Lipinski definition) is 2. The molecule has 0 radical (unpaired) electrons. The van der Waals surface area contributed by atoms with E-state index < -0.39 is 25.3 Å². The first-order chi connectivity index (χ1) is 7.66. The summed E-state index contributed by atoms with van der Waals surface area (Å²) in [6.45, 7) is 0. The summed E-state index contributed by atoms with van der Waals surface area (Å²) in [4.78, 5) is 37.2. The molecule has 0 saturated heterocycles. The lowest BCUT2D eigenvalue weighted by molar-refractivity contribution is 0.341. The normalized spacial score (nSPS) is 13.6. The zero-order valence-electron chi connectivity index (χ0n) is 7.48. The van der Waals surface area contributed by atoms with Crippen molar-refractivity contribution in [3.8, 4) is 0 Å². The van der Waals surface area contributed by atoms with E-state index >= 15 is 0 Å². The number of halogens is 2. The molecular weight excluding hydrogens is 321 g/mol. The molecule has 0 unspecified atom stereocenters. The lowest BCUT2D eigenvalue weighted by Gasteiger charge is -2.12. The minimum absolute atomic E-state index is 0.741. The first-order valence-electron chi connectivity index (χ1n) is 3.26. The SMILES string of the molecule is O=C=NP(=O)(N=C=O)OC(=C(Cl)Cl)P(=O)(O)O. The molecule has 0 amide bonds. The molecule has 0 aromatic heterocycles. The Kier molecular flexibility index (Phi) is 5.99.